The number of benzene rings is 3. The van der Waals surface area contributed by atoms with E-state index in [1.54, 1.807) is 0 Å². The zero-order valence-corrected chi connectivity index (χ0v) is 19.5. The number of hydrogen-bond acceptors (Lipinski definition) is 0. The van der Waals surface area contributed by atoms with Crippen LogP contribution < -0.4 is 10.9 Å². The second-order valence-electron chi connectivity index (χ2n) is 8.84. The molecule has 0 heterocycles. The van der Waals surface area contributed by atoms with Crippen LogP contribution in [0, 0.1) is 81.4 Å². The minimum absolute atomic E-state index is 3.36. The predicted octanol–water partition coefficient (Wildman–Crippen LogP) is 7.02. The topological polar surface area (TPSA) is 0 Å². The van der Waals surface area contributed by atoms with E-state index < -0.39 is 134 Å². The third-order valence-electron chi connectivity index (χ3n) is 6.65. The maximum absolute atomic E-state index is 16.8. The van der Waals surface area contributed by atoms with Gasteiger partial charge in [0.05, 0.1) is 5.56 Å². The zero-order valence-electron chi connectivity index (χ0n) is 19.5. The number of hydrogen-bond donors (Lipinski definition) is 0. The lowest BCUT2D eigenvalue weighted by atomic mass is 9.28. The van der Waals surface area contributed by atoms with Gasteiger partial charge in [-0.2, -0.15) is 26.3 Å². The average molecular weight is 674 g/mol. The van der Waals surface area contributed by atoms with Gasteiger partial charge >= 0.3 is 17.8 Å². The van der Waals surface area contributed by atoms with Crippen LogP contribution in [-0.2, 0) is 11.5 Å². The first kappa shape index (κ1) is 33.2. The summed E-state index contributed by atoms with van der Waals surface area (Å²) in [5, 5.41) is 0. The fourth-order valence-electron chi connectivity index (χ4n) is 4.63. The highest BCUT2D eigenvalue weighted by Crippen LogP contribution is 2.66. The lowest BCUT2D eigenvalue weighted by molar-refractivity contribution is -0.351. The summed E-state index contributed by atoms with van der Waals surface area (Å²) < 4.78 is 306. The number of alkyl halides is 7. The molecule has 0 N–H and O–H groups in total. The second-order valence-corrected chi connectivity index (χ2v) is 8.84. The van der Waals surface area contributed by atoms with Crippen molar-refractivity contribution in [3.8, 4) is 0 Å². The van der Waals surface area contributed by atoms with Crippen LogP contribution in [0.2, 0.25) is 0 Å². The van der Waals surface area contributed by atoms with Gasteiger partial charge in [0, 0.05) is 16.5 Å². The molecule has 1 unspecified atom stereocenters. The summed E-state index contributed by atoms with van der Waals surface area (Å²) in [7, 11) is 0. The molecule has 3 aromatic carbocycles. The largest absolute Gasteiger partial charge is 0.379 e. The van der Waals surface area contributed by atoms with Crippen molar-refractivity contribution >= 4 is 17.6 Å². The highest BCUT2D eigenvalue weighted by atomic mass is 19.3. The molecular formula is C22BF21. The molecule has 0 saturated carbocycles. The molecule has 0 spiro atoms. The van der Waals surface area contributed by atoms with E-state index in [4.69, 9.17) is 0 Å². The van der Waals surface area contributed by atoms with E-state index >= 15 is 13.2 Å². The minimum atomic E-state index is -7.85. The third kappa shape index (κ3) is 3.61. The van der Waals surface area contributed by atoms with Crippen molar-refractivity contribution in [2.45, 2.75) is 23.3 Å². The minimum Gasteiger partial charge on any atom is -0.240 e. The molecular weight excluding hydrogens is 674 g/mol. The molecule has 44 heavy (non-hydrogen) atoms. The first-order valence-corrected chi connectivity index (χ1v) is 10.6. The number of rotatable bonds is 3. The van der Waals surface area contributed by atoms with Crippen LogP contribution in [0.1, 0.15) is 11.1 Å². The summed E-state index contributed by atoms with van der Waals surface area (Å²) >= 11 is 0. The van der Waals surface area contributed by atoms with Gasteiger partial charge in [0.25, 0.3) is 6.71 Å². The van der Waals surface area contributed by atoms with Crippen LogP contribution in [0.4, 0.5) is 92.2 Å². The Kier molecular flexibility index (Phi) is 7.25. The Labute approximate surface area is 226 Å². The van der Waals surface area contributed by atoms with E-state index in [9.17, 15) is 79.0 Å². The molecule has 0 aliphatic heterocycles. The lowest BCUT2D eigenvalue weighted by Crippen LogP contribution is -2.76. The van der Waals surface area contributed by atoms with Crippen molar-refractivity contribution in [3.05, 3.63) is 92.6 Å². The first-order valence-electron chi connectivity index (χ1n) is 10.6. The molecule has 0 fully saturated rings. The summed E-state index contributed by atoms with van der Waals surface area (Å²) in [6, 6.07) is 0. The van der Waals surface area contributed by atoms with Gasteiger partial charge in [-0.15, -0.1) is 0 Å². The van der Waals surface area contributed by atoms with E-state index in [0.717, 1.165) is 0 Å². The summed E-state index contributed by atoms with van der Waals surface area (Å²) in [6.07, 6.45) is 0. The van der Waals surface area contributed by atoms with E-state index in [1.807, 2.05) is 0 Å². The fourth-order valence-corrected chi connectivity index (χ4v) is 4.63. The highest BCUT2D eigenvalue weighted by Gasteiger charge is 2.87. The summed E-state index contributed by atoms with van der Waals surface area (Å²) in [6.45, 7) is -5.52. The van der Waals surface area contributed by atoms with Gasteiger partial charge in [0.1, 0.15) is 0 Å². The maximum Gasteiger partial charge on any atom is 0.379 e. The Morgan fingerprint density at radius 3 is 0.864 bits per heavy atom. The van der Waals surface area contributed by atoms with Gasteiger partial charge in [-0.25, -0.2) is 65.9 Å². The van der Waals surface area contributed by atoms with Crippen LogP contribution in [0.15, 0.2) is 0 Å². The Morgan fingerprint density at radius 2 is 0.545 bits per heavy atom. The molecule has 238 valence electrons. The van der Waals surface area contributed by atoms with Gasteiger partial charge < -0.3 is 0 Å². The van der Waals surface area contributed by atoms with Crippen molar-refractivity contribution in [2.75, 3.05) is 0 Å². The molecule has 0 amide bonds. The number of fused-ring (bicyclic) bond motifs is 1. The van der Waals surface area contributed by atoms with Crippen molar-refractivity contribution < 1.29 is 92.2 Å². The summed E-state index contributed by atoms with van der Waals surface area (Å²) in [5.41, 5.74) is -22.5. The van der Waals surface area contributed by atoms with Crippen molar-refractivity contribution in [1.82, 2.24) is 0 Å². The van der Waals surface area contributed by atoms with Crippen molar-refractivity contribution in [1.29, 1.82) is 0 Å². The molecule has 3 aromatic rings. The smallest absolute Gasteiger partial charge is 0.240 e. The quantitative estimate of drug-likeness (QED) is 0.121. The van der Waals surface area contributed by atoms with Gasteiger partial charge in [-0.1, -0.05) is 0 Å². The Bertz CT molecular complexity index is 1640. The van der Waals surface area contributed by atoms with Crippen molar-refractivity contribution in [2.24, 2.45) is 0 Å². The molecule has 0 bridgehead atoms. The van der Waals surface area contributed by atoms with E-state index in [0.29, 0.717) is 0 Å². The van der Waals surface area contributed by atoms with E-state index in [2.05, 4.69) is 0 Å². The SMILES string of the molecule is Fc1c(F)c(F)c(B(c2c(F)c(F)c(F)c(F)c2F)C2(F)c3c(F)c(F)c(F)c(F)c3C(F)(F)C(F)(F)C2(F)F)c(F)c1F. The summed E-state index contributed by atoms with van der Waals surface area (Å²) in [5.74, 6) is -73.8. The van der Waals surface area contributed by atoms with E-state index in [1.165, 1.54) is 0 Å². The van der Waals surface area contributed by atoms with Gasteiger partial charge in [-0.05, 0) is 0 Å². The van der Waals surface area contributed by atoms with Crippen LogP contribution in [-0.4, -0.2) is 18.6 Å². The van der Waals surface area contributed by atoms with Crippen LogP contribution in [0.5, 0.6) is 0 Å². The standard InChI is InChI=1S/C22BF21/c24-5-1-2(6(25)12(31)11(5)30)20(39,40)22(43,44)21(41,42)19(1,38)23(3-7(26)13(32)17(36)14(33)8(3)27)4-9(28)15(34)18(37)16(35)10(4)29. The monoisotopic (exact) mass is 674 g/mol. The fraction of sp³-hybridized carbons (Fsp3) is 0.182. The molecule has 1 aliphatic rings. The molecule has 0 saturated heterocycles. The normalized spacial score (nSPS) is 20.1. The third-order valence-corrected chi connectivity index (χ3v) is 6.65. The molecule has 1 atom stereocenters. The maximum atomic E-state index is 16.8. The van der Waals surface area contributed by atoms with Gasteiger partial charge in [-0.3, -0.25) is 0 Å². The first-order chi connectivity index (χ1) is 19.9. The van der Waals surface area contributed by atoms with Crippen molar-refractivity contribution in [3.63, 3.8) is 0 Å². The summed E-state index contributed by atoms with van der Waals surface area (Å²) in [4.78, 5) is 0. The lowest BCUT2D eigenvalue weighted by Gasteiger charge is -2.49. The van der Waals surface area contributed by atoms with Crippen LogP contribution in [0.3, 0.4) is 0 Å². The van der Waals surface area contributed by atoms with Gasteiger partial charge in [0.15, 0.2) is 87.0 Å². The molecule has 0 aromatic heterocycles. The molecule has 4 rings (SSSR count). The second kappa shape index (κ2) is 9.63. The predicted molar refractivity (Wildman–Crippen MR) is 100 cm³/mol. The Morgan fingerprint density at radius 1 is 0.295 bits per heavy atom. The van der Waals surface area contributed by atoms with E-state index in [-0.39, 0.29) is 0 Å². The molecule has 0 nitrogen and oxygen atoms in total. The molecule has 1 aliphatic carbocycles. The Balaban J connectivity index is 2.47. The van der Waals surface area contributed by atoms with Crippen LogP contribution >= 0.6 is 0 Å². The van der Waals surface area contributed by atoms with Gasteiger partial charge in [0.2, 0.25) is 0 Å². The zero-order chi connectivity index (χ0) is 34.0. The average Bonchev–Trinajstić information content (AvgIpc) is 2.95. The molecule has 22 heteroatoms. The highest BCUT2D eigenvalue weighted by molar-refractivity contribution is 6.87. The molecule has 0 radical (unpaired) electrons. The Hall–Kier alpha value is -3.75. The van der Waals surface area contributed by atoms with Crippen LogP contribution in [0.25, 0.3) is 0 Å². The number of halogens is 21.